The predicted octanol–water partition coefficient (Wildman–Crippen LogP) is 4.84. The summed E-state index contributed by atoms with van der Waals surface area (Å²) in [6, 6.07) is 13.7. The molecule has 0 spiro atoms. The fourth-order valence-corrected chi connectivity index (χ4v) is 2.92. The van der Waals surface area contributed by atoms with Gasteiger partial charge in [0.05, 0.1) is 0 Å². The Morgan fingerprint density at radius 2 is 2.08 bits per heavy atom. The molecular weight excluding hydrogens is 346 g/mol. The standard InChI is InChI=1S/C20H21N3O2S/c1-4-12(2)14-8-9-18-17(11-14)23-19(25-18)15-6-5-7-16(10-15)22-20(26)21-13(3)24/h5-12H,4H2,1-3H3,(H2,21,22,24,26). The second-order valence-electron chi connectivity index (χ2n) is 6.27. The first-order chi connectivity index (χ1) is 12.5. The van der Waals surface area contributed by atoms with E-state index in [1.807, 2.05) is 30.3 Å². The molecule has 0 bridgehead atoms. The van der Waals surface area contributed by atoms with Crippen LogP contribution < -0.4 is 10.6 Å². The van der Waals surface area contributed by atoms with Crippen LogP contribution in [0.5, 0.6) is 0 Å². The van der Waals surface area contributed by atoms with E-state index in [4.69, 9.17) is 16.6 Å². The smallest absolute Gasteiger partial charge is 0.227 e. The zero-order valence-electron chi connectivity index (χ0n) is 15.0. The van der Waals surface area contributed by atoms with Crippen molar-refractivity contribution in [2.75, 3.05) is 5.32 Å². The fraction of sp³-hybridized carbons (Fsp3) is 0.250. The number of hydrogen-bond acceptors (Lipinski definition) is 4. The summed E-state index contributed by atoms with van der Waals surface area (Å²) >= 11 is 5.09. The molecule has 0 saturated heterocycles. The van der Waals surface area contributed by atoms with Crippen LogP contribution in [0.4, 0.5) is 5.69 Å². The maximum Gasteiger partial charge on any atom is 0.227 e. The number of aromatic nitrogens is 1. The van der Waals surface area contributed by atoms with Crippen molar-refractivity contribution in [3.8, 4) is 11.5 Å². The molecule has 5 nitrogen and oxygen atoms in total. The van der Waals surface area contributed by atoms with Crippen LogP contribution in [0.1, 0.15) is 38.7 Å². The van der Waals surface area contributed by atoms with E-state index in [-0.39, 0.29) is 11.0 Å². The molecule has 2 N–H and O–H groups in total. The maximum absolute atomic E-state index is 11.1. The van der Waals surface area contributed by atoms with Crippen LogP contribution in [0.3, 0.4) is 0 Å². The highest BCUT2D eigenvalue weighted by atomic mass is 32.1. The van der Waals surface area contributed by atoms with E-state index in [0.717, 1.165) is 28.8 Å². The highest BCUT2D eigenvalue weighted by Crippen LogP contribution is 2.29. The summed E-state index contributed by atoms with van der Waals surface area (Å²) in [4.78, 5) is 15.7. The third-order valence-corrected chi connectivity index (χ3v) is 4.45. The van der Waals surface area contributed by atoms with Gasteiger partial charge in [-0.15, -0.1) is 0 Å². The molecule has 1 amide bonds. The zero-order valence-corrected chi connectivity index (χ0v) is 15.8. The van der Waals surface area contributed by atoms with Gasteiger partial charge in [-0.1, -0.05) is 26.0 Å². The Labute approximate surface area is 157 Å². The topological polar surface area (TPSA) is 67.2 Å². The van der Waals surface area contributed by atoms with Gasteiger partial charge in [0.1, 0.15) is 5.52 Å². The van der Waals surface area contributed by atoms with E-state index in [1.54, 1.807) is 0 Å². The summed E-state index contributed by atoms with van der Waals surface area (Å²) in [7, 11) is 0. The summed E-state index contributed by atoms with van der Waals surface area (Å²) in [6.07, 6.45) is 1.08. The SMILES string of the molecule is CCC(C)c1ccc2oc(-c3cccc(NC(=S)NC(C)=O)c3)nc2c1. The van der Waals surface area contributed by atoms with Gasteiger partial charge in [-0.25, -0.2) is 4.98 Å². The van der Waals surface area contributed by atoms with Crippen molar-refractivity contribution in [3.05, 3.63) is 48.0 Å². The first-order valence-electron chi connectivity index (χ1n) is 8.55. The average molecular weight is 367 g/mol. The number of fused-ring (bicyclic) bond motifs is 1. The molecular formula is C20H21N3O2S. The third kappa shape index (κ3) is 4.08. The number of benzene rings is 2. The first kappa shape index (κ1) is 18.1. The van der Waals surface area contributed by atoms with Gasteiger partial charge >= 0.3 is 0 Å². The highest BCUT2D eigenvalue weighted by molar-refractivity contribution is 7.80. The Balaban J connectivity index is 1.88. The maximum atomic E-state index is 11.1. The number of rotatable bonds is 4. The van der Waals surface area contributed by atoms with Crippen LogP contribution in [-0.4, -0.2) is 16.0 Å². The van der Waals surface area contributed by atoms with E-state index in [0.29, 0.717) is 11.8 Å². The Hall–Kier alpha value is -2.73. The van der Waals surface area contributed by atoms with Gasteiger partial charge in [0, 0.05) is 18.2 Å². The van der Waals surface area contributed by atoms with Crippen molar-refractivity contribution in [2.45, 2.75) is 33.1 Å². The average Bonchev–Trinajstić information content (AvgIpc) is 3.03. The van der Waals surface area contributed by atoms with Crippen molar-refractivity contribution in [1.29, 1.82) is 0 Å². The molecule has 0 fully saturated rings. The predicted molar refractivity (Wildman–Crippen MR) is 108 cm³/mol. The fourth-order valence-electron chi connectivity index (χ4n) is 2.66. The van der Waals surface area contributed by atoms with Crippen LogP contribution in [0, 0.1) is 0 Å². The zero-order chi connectivity index (χ0) is 18.7. The number of oxazole rings is 1. The van der Waals surface area contributed by atoms with Crippen LogP contribution in [0.15, 0.2) is 46.9 Å². The highest BCUT2D eigenvalue weighted by Gasteiger charge is 2.11. The van der Waals surface area contributed by atoms with Gasteiger partial charge in [-0.05, 0) is 60.5 Å². The van der Waals surface area contributed by atoms with Crippen LogP contribution in [0.25, 0.3) is 22.6 Å². The quantitative estimate of drug-likeness (QED) is 0.646. The van der Waals surface area contributed by atoms with Gasteiger partial charge in [-0.2, -0.15) is 0 Å². The number of nitrogens with one attached hydrogen (secondary N) is 2. The van der Waals surface area contributed by atoms with Crippen molar-refractivity contribution in [1.82, 2.24) is 10.3 Å². The van der Waals surface area contributed by atoms with Gasteiger partial charge < -0.3 is 15.1 Å². The number of carbonyl (C=O) groups is 1. The number of nitrogens with zero attached hydrogens (tertiary/aromatic N) is 1. The van der Waals surface area contributed by atoms with E-state index in [9.17, 15) is 4.79 Å². The Morgan fingerprint density at radius 3 is 2.81 bits per heavy atom. The molecule has 0 aliphatic rings. The summed E-state index contributed by atoms with van der Waals surface area (Å²) in [6.45, 7) is 5.79. The lowest BCUT2D eigenvalue weighted by molar-refractivity contribution is -0.117. The minimum Gasteiger partial charge on any atom is -0.436 e. The molecule has 3 rings (SSSR count). The van der Waals surface area contributed by atoms with Gasteiger partial charge in [-0.3, -0.25) is 4.79 Å². The second kappa shape index (κ2) is 7.66. The number of hydrogen-bond donors (Lipinski definition) is 2. The minimum absolute atomic E-state index is 0.213. The molecule has 0 aliphatic carbocycles. The molecule has 1 aromatic heterocycles. The summed E-state index contributed by atoms with van der Waals surface area (Å²) < 4.78 is 5.91. The number of carbonyl (C=O) groups excluding carboxylic acids is 1. The number of anilines is 1. The molecule has 1 heterocycles. The normalized spacial score (nSPS) is 12.0. The molecule has 0 radical (unpaired) electrons. The summed E-state index contributed by atoms with van der Waals surface area (Å²) in [5.74, 6) is 0.826. The Kier molecular flexibility index (Phi) is 5.32. The lowest BCUT2D eigenvalue weighted by Crippen LogP contribution is -2.32. The first-order valence-corrected chi connectivity index (χ1v) is 8.96. The van der Waals surface area contributed by atoms with Gasteiger partial charge in [0.25, 0.3) is 0 Å². The largest absolute Gasteiger partial charge is 0.436 e. The molecule has 2 aromatic carbocycles. The lowest BCUT2D eigenvalue weighted by atomic mass is 9.98. The number of amides is 1. The van der Waals surface area contributed by atoms with Crippen LogP contribution in [-0.2, 0) is 4.79 Å². The van der Waals surface area contributed by atoms with Crippen LogP contribution in [0.2, 0.25) is 0 Å². The van der Waals surface area contributed by atoms with E-state index < -0.39 is 0 Å². The van der Waals surface area contributed by atoms with E-state index in [2.05, 4.69) is 41.6 Å². The molecule has 0 aliphatic heterocycles. The summed E-state index contributed by atoms with van der Waals surface area (Å²) in [5, 5.41) is 5.77. The molecule has 3 aromatic rings. The Bertz CT molecular complexity index is 965. The van der Waals surface area contributed by atoms with E-state index in [1.165, 1.54) is 12.5 Å². The molecule has 0 saturated carbocycles. The van der Waals surface area contributed by atoms with Gasteiger partial charge in [0.2, 0.25) is 11.8 Å². The summed E-state index contributed by atoms with van der Waals surface area (Å²) in [5.41, 5.74) is 4.46. The monoisotopic (exact) mass is 367 g/mol. The number of thiocarbonyl (C=S) groups is 1. The molecule has 1 atom stereocenters. The minimum atomic E-state index is -0.213. The second-order valence-corrected chi connectivity index (χ2v) is 6.68. The molecule has 26 heavy (non-hydrogen) atoms. The van der Waals surface area contributed by atoms with Crippen molar-refractivity contribution < 1.29 is 9.21 Å². The van der Waals surface area contributed by atoms with Crippen molar-refractivity contribution in [3.63, 3.8) is 0 Å². The van der Waals surface area contributed by atoms with Crippen molar-refractivity contribution in [2.24, 2.45) is 0 Å². The lowest BCUT2D eigenvalue weighted by Gasteiger charge is -2.08. The van der Waals surface area contributed by atoms with Crippen molar-refractivity contribution >= 4 is 40.0 Å². The third-order valence-electron chi connectivity index (χ3n) is 4.25. The van der Waals surface area contributed by atoms with E-state index >= 15 is 0 Å². The molecule has 134 valence electrons. The molecule has 6 heteroatoms. The van der Waals surface area contributed by atoms with Crippen LogP contribution >= 0.6 is 12.2 Å². The molecule has 1 unspecified atom stereocenters. The Morgan fingerprint density at radius 1 is 1.27 bits per heavy atom. The van der Waals surface area contributed by atoms with Gasteiger partial charge in [0.15, 0.2) is 10.7 Å².